The van der Waals surface area contributed by atoms with Gasteiger partial charge in [-0.25, -0.2) is 4.98 Å². The quantitative estimate of drug-likeness (QED) is 0.875. The Hall–Kier alpha value is -0.910. The molecule has 1 aliphatic carbocycles. The van der Waals surface area contributed by atoms with Gasteiger partial charge in [0.2, 0.25) is 0 Å². The third-order valence-corrected chi connectivity index (χ3v) is 5.92. The lowest BCUT2D eigenvalue weighted by Crippen LogP contribution is -2.24. The number of thiazole rings is 1. The Kier molecular flexibility index (Phi) is 4.10. The molecule has 20 heavy (non-hydrogen) atoms. The number of aryl methyl sites for hydroxylation is 1. The maximum Gasteiger partial charge on any atom is 0.186 e. The van der Waals surface area contributed by atoms with Crippen molar-refractivity contribution in [3.63, 3.8) is 0 Å². The van der Waals surface area contributed by atoms with Gasteiger partial charge >= 0.3 is 0 Å². The highest BCUT2D eigenvalue weighted by atomic mass is 32.1. The van der Waals surface area contributed by atoms with Crippen LogP contribution in [0.5, 0.6) is 0 Å². The number of aromatic nitrogens is 1. The van der Waals surface area contributed by atoms with E-state index in [4.69, 9.17) is 4.98 Å². The second kappa shape index (κ2) is 5.84. The molecule has 0 radical (unpaired) electrons. The van der Waals surface area contributed by atoms with Gasteiger partial charge in [-0.05, 0) is 56.1 Å². The molecule has 0 saturated heterocycles. The van der Waals surface area contributed by atoms with Crippen molar-refractivity contribution in [1.82, 2.24) is 10.3 Å². The van der Waals surface area contributed by atoms with Crippen molar-refractivity contribution in [2.75, 3.05) is 11.9 Å². The first kappa shape index (κ1) is 14.0. The summed E-state index contributed by atoms with van der Waals surface area (Å²) in [5, 5.41) is 8.90. The van der Waals surface area contributed by atoms with Crippen LogP contribution in [0.4, 0.5) is 5.13 Å². The summed E-state index contributed by atoms with van der Waals surface area (Å²) in [6.45, 7) is 5.32. The number of hydrogen-bond acceptors (Lipinski definition) is 5. The number of nitrogens with zero attached hydrogens (tertiary/aromatic N) is 2. The van der Waals surface area contributed by atoms with Gasteiger partial charge in [0, 0.05) is 23.5 Å². The largest absolute Gasteiger partial charge is 0.341 e. The Morgan fingerprint density at radius 3 is 2.90 bits per heavy atom. The van der Waals surface area contributed by atoms with Crippen LogP contribution in [0, 0.1) is 6.92 Å². The molecule has 5 heteroatoms. The molecule has 108 valence electrons. The molecule has 1 unspecified atom stereocenters. The van der Waals surface area contributed by atoms with E-state index in [2.05, 4.69) is 40.9 Å². The van der Waals surface area contributed by atoms with Gasteiger partial charge < -0.3 is 10.2 Å². The fraction of sp³-hybridized carbons (Fsp3) is 0.533. The number of anilines is 1. The fourth-order valence-corrected chi connectivity index (χ4v) is 4.23. The summed E-state index contributed by atoms with van der Waals surface area (Å²) in [6.07, 6.45) is 2.61. The highest BCUT2D eigenvalue weighted by Gasteiger charge is 2.31. The van der Waals surface area contributed by atoms with E-state index in [0.29, 0.717) is 12.1 Å². The second-order valence-corrected chi connectivity index (χ2v) is 7.24. The average Bonchev–Trinajstić information content (AvgIpc) is 3.01. The lowest BCUT2D eigenvalue weighted by molar-refractivity contribution is 0.658. The van der Waals surface area contributed by atoms with Crippen LogP contribution in [0.1, 0.15) is 41.9 Å². The normalized spacial score (nSPS) is 16.4. The van der Waals surface area contributed by atoms with Gasteiger partial charge in [0.15, 0.2) is 5.13 Å². The van der Waals surface area contributed by atoms with Gasteiger partial charge in [-0.3, -0.25) is 0 Å². The molecule has 0 aromatic carbocycles. The topological polar surface area (TPSA) is 28.2 Å². The molecule has 2 aromatic heterocycles. The second-order valence-electron chi connectivity index (χ2n) is 5.45. The molecular weight excluding hydrogens is 286 g/mol. The summed E-state index contributed by atoms with van der Waals surface area (Å²) in [5.74, 6) is 0. The van der Waals surface area contributed by atoms with Gasteiger partial charge in [-0.2, -0.15) is 11.3 Å². The van der Waals surface area contributed by atoms with Crippen LogP contribution in [-0.2, 0) is 6.54 Å². The zero-order valence-electron chi connectivity index (χ0n) is 12.2. The third-order valence-electron chi connectivity index (χ3n) is 3.81. The number of nitrogens with one attached hydrogen (secondary N) is 1. The lowest BCUT2D eigenvalue weighted by Gasteiger charge is -2.20. The van der Waals surface area contributed by atoms with Gasteiger partial charge in [-0.15, -0.1) is 0 Å². The zero-order valence-corrected chi connectivity index (χ0v) is 13.9. The first-order valence-electron chi connectivity index (χ1n) is 7.11. The van der Waals surface area contributed by atoms with Crippen molar-refractivity contribution in [3.8, 4) is 0 Å². The molecule has 0 aliphatic heterocycles. The summed E-state index contributed by atoms with van der Waals surface area (Å²) in [7, 11) is 2.01. The highest BCUT2D eigenvalue weighted by molar-refractivity contribution is 7.15. The van der Waals surface area contributed by atoms with E-state index in [0.717, 1.165) is 6.54 Å². The minimum atomic E-state index is 0.378. The van der Waals surface area contributed by atoms with E-state index in [9.17, 15) is 0 Å². The molecule has 0 spiro atoms. The Morgan fingerprint density at radius 1 is 1.50 bits per heavy atom. The first-order chi connectivity index (χ1) is 9.69. The van der Waals surface area contributed by atoms with Crippen molar-refractivity contribution in [3.05, 3.63) is 33.0 Å². The SMILES string of the molecule is CNC(C)c1sc(N(Cc2ccsc2)C2CC2)nc1C. The molecule has 3 nitrogen and oxygen atoms in total. The molecule has 1 atom stereocenters. The van der Waals surface area contributed by atoms with Crippen LogP contribution >= 0.6 is 22.7 Å². The molecular formula is C15H21N3S2. The minimum Gasteiger partial charge on any atom is -0.341 e. The highest BCUT2D eigenvalue weighted by Crippen LogP contribution is 2.38. The Morgan fingerprint density at radius 2 is 2.30 bits per heavy atom. The summed E-state index contributed by atoms with van der Waals surface area (Å²) in [4.78, 5) is 8.68. The number of thiophene rings is 1. The Bertz CT molecular complexity index is 558. The average molecular weight is 307 g/mol. The Labute approximate surface area is 128 Å². The third kappa shape index (κ3) is 2.90. The monoisotopic (exact) mass is 307 g/mol. The predicted molar refractivity (Wildman–Crippen MR) is 87.8 cm³/mol. The van der Waals surface area contributed by atoms with Crippen LogP contribution in [0.15, 0.2) is 16.8 Å². The van der Waals surface area contributed by atoms with Crippen LogP contribution < -0.4 is 10.2 Å². The molecule has 1 aliphatic rings. The molecule has 2 aromatic rings. The van der Waals surface area contributed by atoms with Crippen molar-refractivity contribution in [1.29, 1.82) is 0 Å². The predicted octanol–water partition coefficient (Wildman–Crippen LogP) is 3.96. The maximum absolute atomic E-state index is 4.83. The van der Waals surface area contributed by atoms with Gasteiger partial charge in [-0.1, -0.05) is 11.3 Å². The molecule has 3 rings (SSSR count). The van der Waals surface area contributed by atoms with Gasteiger partial charge in [0.1, 0.15) is 0 Å². The van der Waals surface area contributed by atoms with E-state index in [1.165, 1.54) is 34.1 Å². The summed E-state index contributed by atoms with van der Waals surface area (Å²) >= 11 is 3.62. The Balaban J connectivity index is 1.84. The lowest BCUT2D eigenvalue weighted by atomic mass is 10.2. The summed E-state index contributed by atoms with van der Waals surface area (Å²) < 4.78 is 0. The molecule has 0 amide bonds. The van der Waals surface area contributed by atoms with Crippen molar-refractivity contribution in [2.45, 2.75) is 45.3 Å². The van der Waals surface area contributed by atoms with Crippen LogP contribution in [0.25, 0.3) is 0 Å². The zero-order chi connectivity index (χ0) is 14.1. The van der Waals surface area contributed by atoms with E-state index in [1.807, 2.05) is 18.4 Å². The van der Waals surface area contributed by atoms with Crippen molar-refractivity contribution >= 4 is 27.8 Å². The first-order valence-corrected chi connectivity index (χ1v) is 8.87. The van der Waals surface area contributed by atoms with Crippen LogP contribution in [0.3, 0.4) is 0 Å². The number of rotatable bonds is 6. The summed E-state index contributed by atoms with van der Waals surface area (Å²) in [6, 6.07) is 3.29. The van der Waals surface area contributed by atoms with Crippen molar-refractivity contribution < 1.29 is 0 Å². The minimum absolute atomic E-state index is 0.378. The maximum atomic E-state index is 4.83. The standard InChI is InChI=1S/C15H21N3S2/c1-10(16-3)14-11(2)17-15(20-14)18(13-4-5-13)8-12-6-7-19-9-12/h6-7,9-10,13,16H,4-5,8H2,1-3H3. The van der Waals surface area contributed by atoms with E-state index < -0.39 is 0 Å². The fourth-order valence-electron chi connectivity index (χ4n) is 2.37. The van der Waals surface area contributed by atoms with E-state index >= 15 is 0 Å². The van der Waals surface area contributed by atoms with Crippen molar-refractivity contribution in [2.24, 2.45) is 0 Å². The van der Waals surface area contributed by atoms with Gasteiger partial charge in [0.05, 0.1) is 5.69 Å². The molecule has 1 saturated carbocycles. The molecule has 1 N–H and O–H groups in total. The molecule has 2 heterocycles. The van der Waals surface area contributed by atoms with Crippen LogP contribution in [-0.4, -0.2) is 18.1 Å². The molecule has 0 bridgehead atoms. The van der Waals surface area contributed by atoms with Gasteiger partial charge in [0.25, 0.3) is 0 Å². The van der Waals surface area contributed by atoms with E-state index in [1.54, 1.807) is 11.3 Å². The number of hydrogen-bond donors (Lipinski definition) is 1. The smallest absolute Gasteiger partial charge is 0.186 e. The summed E-state index contributed by atoms with van der Waals surface area (Å²) in [5.41, 5.74) is 2.57. The van der Waals surface area contributed by atoms with Crippen LogP contribution in [0.2, 0.25) is 0 Å². The van der Waals surface area contributed by atoms with E-state index in [-0.39, 0.29) is 0 Å². The molecule has 1 fully saturated rings.